The molecule has 0 saturated carbocycles. The maximum absolute atomic E-state index is 11.5. The maximum Gasteiger partial charge on any atom is 0.320 e. The number of esters is 1. The fourth-order valence-corrected chi connectivity index (χ4v) is 1.74. The molecule has 0 saturated heterocycles. The van der Waals surface area contributed by atoms with E-state index in [-0.39, 0.29) is 12.5 Å². The average Bonchev–Trinajstić information content (AvgIpc) is 2.26. The van der Waals surface area contributed by atoms with Crippen LogP contribution in [0.3, 0.4) is 0 Å². The van der Waals surface area contributed by atoms with Crippen LogP contribution in [0.2, 0.25) is 0 Å². The van der Waals surface area contributed by atoms with E-state index in [0.29, 0.717) is 6.54 Å². The molecule has 0 aliphatic heterocycles. The Bertz CT molecular complexity index is 436. The second kappa shape index (κ2) is 6.57. The quantitative estimate of drug-likeness (QED) is 0.831. The third kappa shape index (κ3) is 5.75. The second-order valence-electron chi connectivity index (χ2n) is 5.49. The second-order valence-corrected chi connectivity index (χ2v) is 5.49. The van der Waals surface area contributed by atoms with Crippen LogP contribution >= 0.6 is 0 Å². The molecule has 0 aromatic heterocycles. The molecule has 4 nitrogen and oxygen atoms in total. The zero-order valence-corrected chi connectivity index (χ0v) is 12.4. The van der Waals surface area contributed by atoms with Gasteiger partial charge in [0.25, 0.3) is 0 Å². The summed E-state index contributed by atoms with van der Waals surface area (Å²) in [6, 6.07) is 5.95. The molecule has 0 radical (unpaired) electrons. The first-order chi connectivity index (χ1) is 8.81. The highest BCUT2D eigenvalue weighted by atomic mass is 16.6. The molecule has 1 N–H and O–H groups in total. The van der Waals surface area contributed by atoms with E-state index < -0.39 is 5.60 Å². The van der Waals surface area contributed by atoms with Crippen LogP contribution < -0.4 is 10.1 Å². The van der Waals surface area contributed by atoms with Crippen molar-refractivity contribution in [2.24, 2.45) is 0 Å². The molecule has 1 aromatic carbocycles. The van der Waals surface area contributed by atoms with Gasteiger partial charge in [-0.25, -0.2) is 0 Å². The van der Waals surface area contributed by atoms with Crippen LogP contribution in [0.1, 0.15) is 31.9 Å². The van der Waals surface area contributed by atoms with Gasteiger partial charge in [-0.05, 0) is 44.9 Å². The highest BCUT2D eigenvalue weighted by Gasteiger charge is 2.15. The first kappa shape index (κ1) is 15.5. The van der Waals surface area contributed by atoms with Crippen LogP contribution in [0.25, 0.3) is 0 Å². The van der Waals surface area contributed by atoms with E-state index in [0.717, 1.165) is 16.9 Å². The maximum atomic E-state index is 11.5. The fraction of sp³-hybridized carbons (Fsp3) is 0.533. The molecule has 0 fully saturated rings. The first-order valence-electron chi connectivity index (χ1n) is 6.38. The van der Waals surface area contributed by atoms with Crippen molar-refractivity contribution in [2.45, 2.75) is 39.8 Å². The number of carbonyl (C=O) groups excluding carboxylic acids is 1. The van der Waals surface area contributed by atoms with E-state index in [1.54, 1.807) is 7.11 Å². The normalized spacial score (nSPS) is 11.2. The molecule has 1 aromatic rings. The Kier molecular flexibility index (Phi) is 5.36. The molecule has 0 unspecified atom stereocenters. The summed E-state index contributed by atoms with van der Waals surface area (Å²) in [5.41, 5.74) is 1.76. The number of aryl methyl sites for hydroxylation is 1. The lowest BCUT2D eigenvalue weighted by atomic mass is 10.1. The van der Waals surface area contributed by atoms with Gasteiger partial charge in [0.2, 0.25) is 0 Å². The van der Waals surface area contributed by atoms with Crippen molar-refractivity contribution >= 4 is 5.97 Å². The summed E-state index contributed by atoms with van der Waals surface area (Å²) in [6.45, 7) is 8.41. The fourth-order valence-electron chi connectivity index (χ4n) is 1.74. The summed E-state index contributed by atoms with van der Waals surface area (Å²) < 4.78 is 10.4. The summed E-state index contributed by atoms with van der Waals surface area (Å²) in [7, 11) is 1.66. The molecular formula is C15H23NO3. The van der Waals surface area contributed by atoms with Crippen LogP contribution in [0.5, 0.6) is 5.75 Å². The van der Waals surface area contributed by atoms with Crippen molar-refractivity contribution in [1.82, 2.24) is 5.32 Å². The van der Waals surface area contributed by atoms with Crippen molar-refractivity contribution in [3.63, 3.8) is 0 Å². The third-order valence-corrected chi connectivity index (χ3v) is 2.48. The van der Waals surface area contributed by atoms with Gasteiger partial charge in [-0.1, -0.05) is 12.1 Å². The predicted octanol–water partition coefficient (Wildman–Crippen LogP) is 2.43. The third-order valence-electron chi connectivity index (χ3n) is 2.48. The first-order valence-corrected chi connectivity index (χ1v) is 6.38. The lowest BCUT2D eigenvalue weighted by Gasteiger charge is -2.19. The van der Waals surface area contributed by atoms with Crippen molar-refractivity contribution in [3.8, 4) is 5.75 Å². The molecule has 1 rings (SSSR count). The Balaban J connectivity index is 2.41. The van der Waals surface area contributed by atoms with E-state index in [1.165, 1.54) is 0 Å². The summed E-state index contributed by atoms with van der Waals surface area (Å²) in [4.78, 5) is 11.5. The molecular weight excluding hydrogens is 242 g/mol. The number of methoxy groups -OCH3 is 1. The monoisotopic (exact) mass is 265 g/mol. The van der Waals surface area contributed by atoms with Gasteiger partial charge < -0.3 is 14.8 Å². The largest absolute Gasteiger partial charge is 0.496 e. The lowest BCUT2D eigenvalue weighted by molar-refractivity contribution is -0.153. The van der Waals surface area contributed by atoms with Gasteiger partial charge in [-0.3, -0.25) is 4.79 Å². The number of nitrogens with one attached hydrogen (secondary N) is 1. The number of benzene rings is 1. The van der Waals surface area contributed by atoms with E-state index in [1.807, 2.05) is 45.9 Å². The SMILES string of the molecule is COc1ccc(CNCC(=O)OC(C)(C)C)cc1C. The number of ether oxygens (including phenoxy) is 2. The molecule has 106 valence electrons. The topological polar surface area (TPSA) is 47.6 Å². The Hall–Kier alpha value is -1.55. The summed E-state index contributed by atoms with van der Waals surface area (Å²) in [5.74, 6) is 0.633. The minimum absolute atomic E-state index is 0.211. The molecule has 0 atom stereocenters. The molecule has 0 amide bonds. The number of hydrogen-bond donors (Lipinski definition) is 1. The minimum atomic E-state index is -0.435. The molecule has 0 aliphatic carbocycles. The van der Waals surface area contributed by atoms with Gasteiger partial charge >= 0.3 is 5.97 Å². The van der Waals surface area contributed by atoms with Crippen LogP contribution in [0.15, 0.2) is 18.2 Å². The molecule has 0 spiro atoms. The summed E-state index contributed by atoms with van der Waals surface area (Å²) >= 11 is 0. The zero-order valence-electron chi connectivity index (χ0n) is 12.4. The minimum Gasteiger partial charge on any atom is -0.496 e. The van der Waals surface area contributed by atoms with Crippen molar-refractivity contribution in [3.05, 3.63) is 29.3 Å². The van der Waals surface area contributed by atoms with Crippen LogP contribution in [-0.2, 0) is 16.1 Å². The van der Waals surface area contributed by atoms with Gasteiger partial charge in [-0.15, -0.1) is 0 Å². The van der Waals surface area contributed by atoms with E-state index in [2.05, 4.69) is 5.32 Å². The Morgan fingerprint density at radius 2 is 2.00 bits per heavy atom. The Morgan fingerprint density at radius 1 is 1.32 bits per heavy atom. The van der Waals surface area contributed by atoms with E-state index in [4.69, 9.17) is 9.47 Å². The molecule has 0 heterocycles. The van der Waals surface area contributed by atoms with E-state index in [9.17, 15) is 4.79 Å². The Labute approximate surface area is 115 Å². The molecule has 4 heteroatoms. The van der Waals surface area contributed by atoms with Crippen molar-refractivity contribution < 1.29 is 14.3 Å². The average molecular weight is 265 g/mol. The summed E-state index contributed by atoms with van der Waals surface area (Å²) in [5, 5.41) is 3.07. The van der Waals surface area contributed by atoms with Gasteiger partial charge in [0.1, 0.15) is 11.4 Å². The molecule has 19 heavy (non-hydrogen) atoms. The van der Waals surface area contributed by atoms with Crippen LogP contribution in [-0.4, -0.2) is 25.2 Å². The van der Waals surface area contributed by atoms with E-state index >= 15 is 0 Å². The van der Waals surface area contributed by atoms with Crippen LogP contribution in [0, 0.1) is 6.92 Å². The highest BCUT2D eigenvalue weighted by Crippen LogP contribution is 2.18. The predicted molar refractivity (Wildman–Crippen MR) is 75.3 cm³/mol. The smallest absolute Gasteiger partial charge is 0.320 e. The van der Waals surface area contributed by atoms with Gasteiger partial charge in [-0.2, -0.15) is 0 Å². The highest BCUT2D eigenvalue weighted by molar-refractivity contribution is 5.72. The standard InChI is InChI=1S/C15H23NO3/c1-11-8-12(6-7-13(11)18-5)9-16-10-14(17)19-15(2,3)4/h6-8,16H,9-10H2,1-5H3. The molecule has 0 bridgehead atoms. The van der Waals surface area contributed by atoms with Gasteiger partial charge in [0.15, 0.2) is 0 Å². The number of carbonyl (C=O) groups is 1. The van der Waals surface area contributed by atoms with Crippen molar-refractivity contribution in [1.29, 1.82) is 0 Å². The zero-order chi connectivity index (χ0) is 14.5. The summed E-state index contributed by atoms with van der Waals surface area (Å²) in [6.07, 6.45) is 0. The van der Waals surface area contributed by atoms with Crippen molar-refractivity contribution in [2.75, 3.05) is 13.7 Å². The van der Waals surface area contributed by atoms with Gasteiger partial charge in [0, 0.05) is 6.54 Å². The number of rotatable bonds is 5. The lowest BCUT2D eigenvalue weighted by Crippen LogP contribution is -2.31. The number of hydrogen-bond acceptors (Lipinski definition) is 4. The van der Waals surface area contributed by atoms with Gasteiger partial charge in [0.05, 0.1) is 13.7 Å². The van der Waals surface area contributed by atoms with Crippen LogP contribution in [0.4, 0.5) is 0 Å². The Morgan fingerprint density at radius 3 is 2.53 bits per heavy atom. The molecule has 0 aliphatic rings.